The number of anilines is 1. The first kappa shape index (κ1) is 18.1. The van der Waals surface area contributed by atoms with Crippen LogP contribution in [0.3, 0.4) is 0 Å². The van der Waals surface area contributed by atoms with E-state index in [1.807, 2.05) is 12.1 Å². The molecule has 1 unspecified atom stereocenters. The monoisotopic (exact) mass is 306 g/mol. The van der Waals surface area contributed by atoms with E-state index in [9.17, 15) is 4.79 Å². The Balaban J connectivity index is 0.00000162. The van der Waals surface area contributed by atoms with E-state index in [2.05, 4.69) is 24.1 Å². The smallest absolute Gasteiger partial charge is 0.426 e. The number of pyridine rings is 1. The van der Waals surface area contributed by atoms with Crippen molar-refractivity contribution in [2.24, 2.45) is 0 Å². The first-order chi connectivity index (χ1) is 8.26. The van der Waals surface area contributed by atoms with Crippen molar-refractivity contribution in [2.45, 2.75) is 13.8 Å². The molecule has 2 rings (SSSR count). The number of quaternary nitrogens is 2. The maximum atomic E-state index is 11.8. The van der Waals surface area contributed by atoms with Crippen molar-refractivity contribution >= 4 is 17.5 Å². The Labute approximate surface area is 126 Å². The number of hydrogen-bond donors (Lipinski definition) is 3. The van der Waals surface area contributed by atoms with Gasteiger partial charge in [-0.1, -0.05) is 0 Å². The summed E-state index contributed by atoms with van der Waals surface area (Å²) in [5.41, 5.74) is 0.849. The molecule has 2 amide bonds. The molecular formula is C12H20Cl2N4O. The molecular weight excluding hydrogens is 287 g/mol. The van der Waals surface area contributed by atoms with E-state index in [0.29, 0.717) is 0 Å². The molecule has 0 spiro atoms. The van der Waals surface area contributed by atoms with Crippen LogP contribution in [0.4, 0.5) is 16.3 Å². The molecule has 1 atom stereocenters. The van der Waals surface area contributed by atoms with E-state index >= 15 is 0 Å². The van der Waals surface area contributed by atoms with E-state index in [1.165, 1.54) is 4.90 Å². The molecule has 7 heteroatoms. The summed E-state index contributed by atoms with van der Waals surface area (Å²) in [5.74, 6) is 0.837. The third-order valence-electron chi connectivity index (χ3n) is 3.34. The summed E-state index contributed by atoms with van der Waals surface area (Å²) < 4.78 is 0. The van der Waals surface area contributed by atoms with Crippen LogP contribution in [0, 0.1) is 0 Å². The van der Waals surface area contributed by atoms with Crippen LogP contribution in [0.1, 0.15) is 13.8 Å². The number of carbonyl (C=O) groups excluding carboxylic acids is 1. The minimum absolute atomic E-state index is 0. The van der Waals surface area contributed by atoms with Crippen molar-refractivity contribution in [1.82, 2.24) is 4.98 Å². The Morgan fingerprint density at radius 1 is 1.32 bits per heavy atom. The van der Waals surface area contributed by atoms with Gasteiger partial charge in [0.1, 0.15) is 18.8 Å². The maximum Gasteiger partial charge on any atom is 0.426 e. The lowest BCUT2D eigenvalue weighted by molar-refractivity contribution is -0.916. The molecule has 0 bridgehead atoms. The van der Waals surface area contributed by atoms with Crippen LogP contribution in [0.25, 0.3) is 0 Å². The van der Waals surface area contributed by atoms with Crippen LogP contribution in [0.5, 0.6) is 0 Å². The number of likely N-dealkylation sites (N-methyl/N-ethyl adjacent to an activating group) is 1. The number of aromatic nitrogens is 1. The Morgan fingerprint density at radius 2 is 2.00 bits per heavy atom. The van der Waals surface area contributed by atoms with Gasteiger partial charge in [-0.3, -0.25) is 5.32 Å². The Kier molecular flexibility index (Phi) is 7.94. The maximum absolute atomic E-state index is 11.8. The van der Waals surface area contributed by atoms with Gasteiger partial charge in [0.05, 0.1) is 13.1 Å². The highest BCUT2D eigenvalue weighted by Crippen LogP contribution is 2.17. The van der Waals surface area contributed by atoms with Gasteiger partial charge in [0.2, 0.25) is 0 Å². The van der Waals surface area contributed by atoms with Gasteiger partial charge in [-0.05, 0) is 26.0 Å². The van der Waals surface area contributed by atoms with Gasteiger partial charge in [-0.25, -0.2) is 9.78 Å². The molecule has 0 fully saturated rings. The van der Waals surface area contributed by atoms with Crippen molar-refractivity contribution in [3.05, 3.63) is 18.3 Å². The van der Waals surface area contributed by atoms with E-state index in [4.69, 9.17) is 0 Å². The largest absolute Gasteiger partial charge is 1.00 e. The molecule has 0 aliphatic carbocycles. The van der Waals surface area contributed by atoms with Gasteiger partial charge < -0.3 is 29.7 Å². The van der Waals surface area contributed by atoms with Crippen LogP contribution in [-0.2, 0) is 0 Å². The van der Waals surface area contributed by atoms with E-state index < -0.39 is 0 Å². The lowest BCUT2D eigenvalue weighted by Gasteiger charge is -2.16. The third kappa shape index (κ3) is 4.04. The summed E-state index contributed by atoms with van der Waals surface area (Å²) >= 11 is 0. The van der Waals surface area contributed by atoms with E-state index in [-0.39, 0.29) is 30.8 Å². The molecule has 108 valence electrons. The van der Waals surface area contributed by atoms with Gasteiger partial charge in [0.25, 0.3) is 5.82 Å². The molecule has 2 heterocycles. The quantitative estimate of drug-likeness (QED) is 0.506. The van der Waals surface area contributed by atoms with Gasteiger partial charge in [0, 0.05) is 6.20 Å². The van der Waals surface area contributed by atoms with Crippen molar-refractivity contribution in [3.8, 4) is 0 Å². The zero-order valence-electron chi connectivity index (χ0n) is 11.2. The van der Waals surface area contributed by atoms with Crippen LogP contribution in [0.15, 0.2) is 18.3 Å². The molecule has 5 nitrogen and oxygen atoms in total. The van der Waals surface area contributed by atoms with Crippen LogP contribution < -0.4 is 39.9 Å². The third-order valence-corrected chi connectivity index (χ3v) is 3.34. The number of carbonyl (C=O) groups is 1. The fraction of sp³-hybridized carbons (Fsp3) is 0.500. The Hall–Kier alpha value is -0.880. The molecule has 0 aromatic carbocycles. The SMILES string of the molecule is CC[NH+](CC)CC[NH+]1C(=O)Nc2cccnc21.[Cl-].[Cl-]. The Bertz CT molecular complexity index is 412. The molecule has 3 N–H and O–H groups in total. The zero-order valence-corrected chi connectivity index (χ0v) is 12.7. The number of rotatable bonds is 5. The minimum Gasteiger partial charge on any atom is -1.00 e. The molecule has 1 aliphatic rings. The number of halogens is 2. The van der Waals surface area contributed by atoms with Gasteiger partial charge in [-0.2, -0.15) is 4.90 Å². The molecule has 0 radical (unpaired) electrons. The number of amides is 2. The highest BCUT2D eigenvalue weighted by Gasteiger charge is 2.34. The van der Waals surface area contributed by atoms with Crippen LogP contribution in [0.2, 0.25) is 0 Å². The summed E-state index contributed by atoms with van der Waals surface area (Å²) in [7, 11) is 0. The molecule has 1 aromatic rings. The molecule has 19 heavy (non-hydrogen) atoms. The number of nitrogens with zero attached hydrogens (tertiary/aromatic N) is 1. The normalized spacial score (nSPS) is 16.4. The lowest BCUT2D eigenvalue weighted by Crippen LogP contribution is -3.18. The average molecular weight is 307 g/mol. The topological polar surface area (TPSA) is 50.9 Å². The van der Waals surface area contributed by atoms with Gasteiger partial charge in [-0.15, -0.1) is 0 Å². The zero-order chi connectivity index (χ0) is 12.3. The summed E-state index contributed by atoms with van der Waals surface area (Å²) in [4.78, 5) is 18.5. The predicted octanol–water partition coefficient (Wildman–Crippen LogP) is -6.92. The molecule has 0 saturated carbocycles. The fourth-order valence-electron chi connectivity index (χ4n) is 2.19. The predicted molar refractivity (Wildman–Crippen MR) is 65.7 cm³/mol. The Morgan fingerprint density at radius 3 is 2.63 bits per heavy atom. The second-order valence-electron chi connectivity index (χ2n) is 4.29. The number of urea groups is 1. The highest BCUT2D eigenvalue weighted by atomic mass is 35.5. The lowest BCUT2D eigenvalue weighted by atomic mass is 10.4. The molecule has 0 saturated heterocycles. The van der Waals surface area contributed by atoms with Crippen molar-refractivity contribution in [1.29, 1.82) is 0 Å². The standard InChI is InChI=1S/C12H18N4O.2ClH/c1-3-15(4-2)8-9-16-11-10(14-12(16)17)6-5-7-13-11;;/h5-7H,3-4,8-9H2,1-2H3,(H,14,17);2*1H. The van der Waals surface area contributed by atoms with Crippen molar-refractivity contribution < 1.29 is 39.4 Å². The summed E-state index contributed by atoms with van der Waals surface area (Å²) in [6.07, 6.45) is 1.74. The fourth-order valence-corrected chi connectivity index (χ4v) is 2.19. The summed E-state index contributed by atoms with van der Waals surface area (Å²) in [6.45, 7) is 8.33. The van der Waals surface area contributed by atoms with Crippen molar-refractivity contribution in [2.75, 3.05) is 31.5 Å². The second-order valence-corrected chi connectivity index (χ2v) is 4.29. The van der Waals surface area contributed by atoms with Gasteiger partial charge >= 0.3 is 6.03 Å². The van der Waals surface area contributed by atoms with Crippen LogP contribution in [-0.4, -0.2) is 37.2 Å². The summed E-state index contributed by atoms with van der Waals surface area (Å²) in [5, 5.41) is 2.86. The van der Waals surface area contributed by atoms with E-state index in [1.54, 1.807) is 6.20 Å². The van der Waals surface area contributed by atoms with Gasteiger partial charge in [0.15, 0.2) is 0 Å². The number of hydrogen-bond acceptors (Lipinski definition) is 2. The average Bonchev–Trinajstić information content (AvgIpc) is 2.67. The number of nitrogens with one attached hydrogen (secondary N) is 3. The van der Waals surface area contributed by atoms with Crippen LogP contribution >= 0.6 is 0 Å². The first-order valence-electron chi connectivity index (χ1n) is 6.22. The van der Waals surface area contributed by atoms with E-state index in [0.717, 1.165) is 42.6 Å². The summed E-state index contributed by atoms with van der Waals surface area (Å²) in [6, 6.07) is 3.76. The molecule has 1 aliphatic heterocycles. The second kappa shape index (κ2) is 8.32. The van der Waals surface area contributed by atoms with Crippen molar-refractivity contribution in [3.63, 3.8) is 0 Å². The highest BCUT2D eigenvalue weighted by molar-refractivity contribution is 5.91. The first-order valence-corrected chi connectivity index (χ1v) is 6.22. The number of fused-ring (bicyclic) bond motifs is 1. The minimum atomic E-state index is 0. The molecule has 1 aromatic heterocycles.